The van der Waals surface area contributed by atoms with Gasteiger partial charge in [-0.2, -0.15) is 0 Å². The Balaban J connectivity index is 1.36. The van der Waals surface area contributed by atoms with Crippen LogP contribution < -0.4 is 26.8 Å². The number of aromatic nitrogens is 1. The quantitative estimate of drug-likeness (QED) is 0.292. The van der Waals surface area contributed by atoms with Gasteiger partial charge in [-0.1, -0.05) is 0 Å². The van der Waals surface area contributed by atoms with Crippen molar-refractivity contribution in [3.05, 3.63) is 121 Å². The van der Waals surface area contributed by atoms with Gasteiger partial charge >= 0.3 is 225 Å². The Labute approximate surface area is 224 Å². The van der Waals surface area contributed by atoms with Crippen LogP contribution in [0.15, 0.2) is 121 Å². The Morgan fingerprint density at radius 2 is 1.34 bits per heavy atom. The number of rotatable bonds is 4. The van der Waals surface area contributed by atoms with E-state index in [1.807, 2.05) is 0 Å². The van der Waals surface area contributed by atoms with Crippen LogP contribution in [0.5, 0.6) is 0 Å². The van der Waals surface area contributed by atoms with Gasteiger partial charge in [-0.05, 0) is 0 Å². The van der Waals surface area contributed by atoms with Crippen molar-refractivity contribution in [2.75, 3.05) is 5.09 Å². The van der Waals surface area contributed by atoms with Gasteiger partial charge in [0, 0.05) is 0 Å². The fourth-order valence-electron chi connectivity index (χ4n) is 8.60. The summed E-state index contributed by atoms with van der Waals surface area (Å²) >= 11 is 0. The van der Waals surface area contributed by atoms with E-state index in [9.17, 15) is 0 Å². The number of fused-ring (bicyclic) bond motifs is 5. The SMILES string of the molecule is [B-]1B2B3B1P23(Nc1ccccc1)c1ccc2c3ccccc3n3c2c1B(c1ccccc1)c1ccccc1-3. The van der Waals surface area contributed by atoms with E-state index in [1.165, 1.54) is 44.1 Å². The molecule has 0 spiro atoms. The first-order valence-corrected chi connectivity index (χ1v) is 16.2. The van der Waals surface area contributed by atoms with Crippen molar-refractivity contribution in [3.63, 3.8) is 0 Å². The van der Waals surface area contributed by atoms with Gasteiger partial charge in [-0.25, -0.2) is 0 Å². The summed E-state index contributed by atoms with van der Waals surface area (Å²) < 4.78 is 2.58. The molecule has 0 amide bonds. The van der Waals surface area contributed by atoms with Crippen LogP contribution in [0.25, 0.3) is 27.5 Å². The second-order valence-electron chi connectivity index (χ2n) is 11.6. The van der Waals surface area contributed by atoms with E-state index in [-0.39, 0.29) is 6.71 Å². The van der Waals surface area contributed by atoms with Crippen molar-refractivity contribution in [2.45, 2.75) is 0 Å². The molecule has 0 saturated carbocycles. The van der Waals surface area contributed by atoms with Crippen molar-refractivity contribution in [1.82, 2.24) is 4.57 Å². The fourth-order valence-corrected chi connectivity index (χ4v) is 16.9. The number of nitrogens with one attached hydrogen (secondary N) is 1. The Morgan fingerprint density at radius 1 is 0.658 bits per heavy atom. The molecule has 172 valence electrons. The van der Waals surface area contributed by atoms with Gasteiger partial charge in [-0.3, -0.25) is 0 Å². The molecule has 6 heterocycles. The molecule has 1 N–H and O–H groups in total. The first kappa shape index (κ1) is 20.4. The molecule has 1 aromatic heterocycles. The molecule has 5 aliphatic heterocycles. The first-order valence-electron chi connectivity index (χ1n) is 13.7. The van der Waals surface area contributed by atoms with Crippen molar-refractivity contribution >= 4 is 88.0 Å². The maximum absolute atomic E-state index is 4.30. The van der Waals surface area contributed by atoms with Gasteiger partial charge in [0.2, 0.25) is 0 Å². The zero-order chi connectivity index (χ0) is 24.7. The van der Waals surface area contributed by atoms with E-state index >= 15 is 0 Å². The molecule has 0 atom stereocenters. The summed E-state index contributed by atoms with van der Waals surface area (Å²) in [6, 6.07) is 45.3. The van der Waals surface area contributed by atoms with Crippen molar-refractivity contribution in [1.29, 1.82) is 0 Å². The molecule has 0 aliphatic carbocycles. The molecule has 38 heavy (non-hydrogen) atoms. The summed E-state index contributed by atoms with van der Waals surface area (Å²) in [5, 5.41) is 8.67. The van der Waals surface area contributed by atoms with Gasteiger partial charge in [0.05, 0.1) is 0 Å². The molecule has 6 aromatic rings. The molecular weight excluding hydrogens is 473 g/mol. The van der Waals surface area contributed by atoms with E-state index in [1.54, 1.807) is 10.8 Å². The van der Waals surface area contributed by atoms with Gasteiger partial charge < -0.3 is 0 Å². The van der Waals surface area contributed by atoms with Gasteiger partial charge in [0.25, 0.3) is 0 Å². The third-order valence-corrected chi connectivity index (χ3v) is 17.3. The second kappa shape index (κ2) is 6.53. The average Bonchev–Trinajstić information content (AvgIpc) is 3.54. The van der Waals surface area contributed by atoms with Crippen LogP contribution in [0.4, 0.5) is 5.69 Å². The van der Waals surface area contributed by atoms with Crippen LogP contribution in [0, 0.1) is 0 Å². The summed E-state index contributed by atoms with van der Waals surface area (Å²) in [7, 11) is 2.64. The van der Waals surface area contributed by atoms with Gasteiger partial charge in [-0.15, -0.1) is 0 Å². The van der Waals surface area contributed by atoms with Crippen LogP contribution in [0.1, 0.15) is 0 Å². The van der Waals surface area contributed by atoms with Crippen molar-refractivity contribution in [3.8, 4) is 5.69 Å². The Morgan fingerprint density at radius 3 is 2.11 bits per heavy atom. The van der Waals surface area contributed by atoms with Crippen LogP contribution in [0.3, 0.4) is 0 Å². The molecule has 2 radical (unpaired) electrons. The minimum atomic E-state index is -2.25. The predicted octanol–water partition coefficient (Wildman–Crippen LogP) is 3.69. The van der Waals surface area contributed by atoms with Gasteiger partial charge in [0.15, 0.2) is 0 Å². The normalized spacial score (nSPS) is 19.3. The third-order valence-electron chi connectivity index (χ3n) is 10.3. The molecule has 11 rings (SSSR count). The van der Waals surface area contributed by atoms with E-state index in [2.05, 4.69) is 138 Å². The van der Waals surface area contributed by atoms with E-state index in [0.717, 1.165) is 18.6 Å². The maximum atomic E-state index is 4.30. The number of benzene rings is 5. The Kier molecular flexibility index (Phi) is 3.51. The Bertz CT molecular complexity index is 1970. The van der Waals surface area contributed by atoms with Gasteiger partial charge in [0.1, 0.15) is 0 Å². The molecule has 4 saturated heterocycles. The number of para-hydroxylation sites is 3. The number of anilines is 1. The molecule has 8 heteroatoms. The van der Waals surface area contributed by atoms with E-state index in [4.69, 9.17) is 0 Å². The van der Waals surface area contributed by atoms with Crippen LogP contribution >= 0.6 is 6.39 Å². The second-order valence-corrected chi connectivity index (χ2v) is 16.8. The summed E-state index contributed by atoms with van der Waals surface area (Å²) in [5.74, 6) is 0. The van der Waals surface area contributed by atoms with Crippen molar-refractivity contribution < 1.29 is 0 Å². The fraction of sp³-hybridized carbons (Fsp3) is 0. The summed E-state index contributed by atoms with van der Waals surface area (Å²) in [4.78, 5) is 0. The predicted molar refractivity (Wildman–Crippen MR) is 172 cm³/mol. The molecule has 2 nitrogen and oxygen atoms in total. The number of hydrogen-bond acceptors (Lipinski definition) is 1. The molecule has 0 unspecified atom stereocenters. The summed E-state index contributed by atoms with van der Waals surface area (Å²) in [6.45, 7) is 0.221. The van der Waals surface area contributed by atoms with E-state index in [0.29, 0.717) is 0 Å². The summed E-state index contributed by atoms with van der Waals surface area (Å²) in [6.07, 6.45) is 0.0655. The number of nitrogens with zero attached hydrogens (tertiary/aromatic N) is 1. The monoisotopic (exact) mass is 495 g/mol. The van der Waals surface area contributed by atoms with E-state index < -0.39 is 6.39 Å². The van der Waals surface area contributed by atoms with Crippen LogP contribution in [0.2, 0.25) is 0 Å². The molecular formula is C30H21B5N2P-. The zero-order valence-corrected chi connectivity index (χ0v) is 21.7. The average molecular weight is 495 g/mol. The standard InChI is InChI=1S/C30H21B5N2P/c1-3-11-21(12-4-1)32-25-16-8-10-18-27(25)37-26-17-9-7-15-23(26)24-19-20-28(29(32)30(24)37)38(33-31-34(38)35(33)38)36-22-13-5-2-6-14-22/h1-20,36H/q-1. The van der Waals surface area contributed by atoms with Crippen LogP contribution in [-0.2, 0) is 0 Å². The van der Waals surface area contributed by atoms with Crippen molar-refractivity contribution in [2.24, 2.45) is 0 Å². The minimum absolute atomic E-state index is 0.221. The molecule has 5 aliphatic rings. The molecule has 5 aromatic carbocycles. The summed E-state index contributed by atoms with van der Waals surface area (Å²) in [5.41, 5.74) is 9.68. The zero-order valence-electron chi connectivity index (χ0n) is 20.8. The molecule has 4 fully saturated rings. The topological polar surface area (TPSA) is 17.0 Å². The third kappa shape index (κ3) is 2.04. The molecule has 2 bridgehead atoms. The number of hydrogen-bond donors (Lipinski definition) is 1. The Hall–Kier alpha value is -3.55. The first-order chi connectivity index (χ1) is 18.8. The van der Waals surface area contributed by atoms with Crippen LogP contribution in [-0.4, -0.2) is 37.0 Å².